The van der Waals surface area contributed by atoms with Gasteiger partial charge in [0.25, 0.3) is 0 Å². The smallest absolute Gasteiger partial charge is 0.150 e. The van der Waals surface area contributed by atoms with Crippen LogP contribution in [-0.4, -0.2) is 30.1 Å². The molecule has 0 aromatic heterocycles. The van der Waals surface area contributed by atoms with Crippen LogP contribution in [0.25, 0.3) is 0 Å². The predicted molar refractivity (Wildman–Crippen MR) is 80.3 cm³/mol. The summed E-state index contributed by atoms with van der Waals surface area (Å²) < 4.78 is 0. The Hall–Kier alpha value is -1.86. The number of aliphatic hydroxyl groups is 1. The minimum Gasteiger partial charge on any atom is -0.389 e. The Bertz CT molecular complexity index is 593. The van der Waals surface area contributed by atoms with Crippen molar-refractivity contribution in [1.82, 2.24) is 0 Å². The van der Waals surface area contributed by atoms with E-state index in [-0.39, 0.29) is 5.92 Å². The third-order valence-electron chi connectivity index (χ3n) is 5.05. The van der Waals surface area contributed by atoms with E-state index < -0.39 is 5.60 Å². The molecule has 1 saturated heterocycles. The van der Waals surface area contributed by atoms with Crippen molar-refractivity contribution in [1.29, 1.82) is 5.26 Å². The zero-order chi connectivity index (χ0) is 14.9. The van der Waals surface area contributed by atoms with Crippen LogP contribution < -0.4 is 4.90 Å². The van der Waals surface area contributed by atoms with Gasteiger partial charge in [0, 0.05) is 24.6 Å². The van der Waals surface area contributed by atoms with Crippen molar-refractivity contribution >= 4 is 12.0 Å². The van der Waals surface area contributed by atoms with Gasteiger partial charge >= 0.3 is 0 Å². The second-order valence-electron chi connectivity index (χ2n) is 6.25. The first-order valence-electron chi connectivity index (χ1n) is 7.63. The first kappa shape index (κ1) is 14.1. The topological polar surface area (TPSA) is 64.3 Å². The van der Waals surface area contributed by atoms with Crippen LogP contribution in [0.5, 0.6) is 0 Å². The van der Waals surface area contributed by atoms with Crippen LogP contribution in [0.1, 0.15) is 48.0 Å². The lowest BCUT2D eigenvalue weighted by Gasteiger charge is -2.48. The molecule has 4 heteroatoms. The Morgan fingerprint density at radius 1 is 1.38 bits per heavy atom. The molecule has 110 valence electrons. The van der Waals surface area contributed by atoms with Crippen molar-refractivity contribution in [2.45, 2.75) is 37.7 Å². The molecule has 2 aliphatic rings. The molecular weight excluding hydrogens is 264 g/mol. The van der Waals surface area contributed by atoms with Crippen molar-refractivity contribution in [2.75, 3.05) is 18.0 Å². The first-order chi connectivity index (χ1) is 10.2. The third kappa shape index (κ3) is 2.54. The molecule has 2 unspecified atom stereocenters. The number of carbonyl (C=O) groups excluding carboxylic acids is 1. The highest BCUT2D eigenvalue weighted by Crippen LogP contribution is 2.41. The summed E-state index contributed by atoms with van der Waals surface area (Å²) in [4.78, 5) is 13.0. The lowest BCUT2D eigenvalue weighted by atomic mass is 9.71. The van der Waals surface area contributed by atoms with Gasteiger partial charge < -0.3 is 10.0 Å². The van der Waals surface area contributed by atoms with Crippen LogP contribution in [0, 0.1) is 17.2 Å². The molecular formula is C17H20N2O2. The van der Waals surface area contributed by atoms with E-state index in [9.17, 15) is 15.2 Å². The van der Waals surface area contributed by atoms with Gasteiger partial charge in [-0.1, -0.05) is 12.8 Å². The minimum absolute atomic E-state index is 0.289. The lowest BCUT2D eigenvalue weighted by Crippen LogP contribution is -2.53. The lowest BCUT2D eigenvalue weighted by molar-refractivity contribution is -0.0612. The van der Waals surface area contributed by atoms with Gasteiger partial charge in [0.2, 0.25) is 0 Å². The summed E-state index contributed by atoms with van der Waals surface area (Å²) in [7, 11) is 0. The fraction of sp³-hybridized carbons (Fsp3) is 0.529. The average Bonchev–Trinajstić information content (AvgIpc) is 2.53. The van der Waals surface area contributed by atoms with Crippen molar-refractivity contribution < 1.29 is 9.90 Å². The molecule has 1 aromatic rings. The van der Waals surface area contributed by atoms with Gasteiger partial charge in [-0.3, -0.25) is 4.79 Å². The van der Waals surface area contributed by atoms with E-state index >= 15 is 0 Å². The van der Waals surface area contributed by atoms with Gasteiger partial charge in [0.05, 0.1) is 16.9 Å². The van der Waals surface area contributed by atoms with Crippen molar-refractivity contribution in [2.24, 2.45) is 5.92 Å². The summed E-state index contributed by atoms with van der Waals surface area (Å²) in [5.74, 6) is 0.289. The number of hydrogen-bond donors (Lipinski definition) is 1. The van der Waals surface area contributed by atoms with E-state index in [4.69, 9.17) is 0 Å². The number of anilines is 1. The van der Waals surface area contributed by atoms with Crippen LogP contribution in [-0.2, 0) is 0 Å². The predicted octanol–water partition coefficient (Wildman–Crippen LogP) is 2.50. The number of benzene rings is 1. The normalized spacial score (nSPS) is 28.6. The van der Waals surface area contributed by atoms with Crippen molar-refractivity contribution in [3.05, 3.63) is 29.3 Å². The van der Waals surface area contributed by atoms with E-state index in [0.717, 1.165) is 50.7 Å². The molecule has 21 heavy (non-hydrogen) atoms. The Morgan fingerprint density at radius 3 is 3.00 bits per heavy atom. The summed E-state index contributed by atoms with van der Waals surface area (Å²) in [5.41, 5.74) is 1.45. The third-order valence-corrected chi connectivity index (χ3v) is 5.05. The minimum atomic E-state index is -0.510. The standard InChI is InChI=1S/C17H20N2O2/c18-10-14-9-13(12-20)4-5-16(14)19-8-7-17(21)6-2-1-3-15(17)11-19/h4-5,9,12,15,21H,1-3,6-8,11H2. The molecule has 2 fully saturated rings. The van der Waals surface area contributed by atoms with E-state index in [1.165, 1.54) is 6.42 Å². The number of nitriles is 1. The zero-order valence-electron chi connectivity index (χ0n) is 12.1. The maximum Gasteiger partial charge on any atom is 0.150 e. The maximum absolute atomic E-state index is 10.8. The molecule has 0 bridgehead atoms. The van der Waals surface area contributed by atoms with Crippen molar-refractivity contribution in [3.63, 3.8) is 0 Å². The van der Waals surface area contributed by atoms with Crippen molar-refractivity contribution in [3.8, 4) is 6.07 Å². The maximum atomic E-state index is 10.8. The summed E-state index contributed by atoms with van der Waals surface area (Å²) in [6.07, 6.45) is 5.78. The number of fused-ring (bicyclic) bond motifs is 1. The molecule has 1 N–H and O–H groups in total. The highest BCUT2D eigenvalue weighted by molar-refractivity contribution is 5.78. The SMILES string of the molecule is N#Cc1cc(C=O)ccc1N1CCC2(O)CCCCC2C1. The van der Waals surface area contributed by atoms with E-state index in [1.807, 2.05) is 6.07 Å². The Balaban J connectivity index is 1.85. The second-order valence-corrected chi connectivity index (χ2v) is 6.25. The van der Waals surface area contributed by atoms with Gasteiger partial charge in [-0.2, -0.15) is 5.26 Å². The summed E-state index contributed by atoms with van der Waals surface area (Å²) in [6, 6.07) is 7.44. The Kier molecular flexibility index (Phi) is 3.69. The van der Waals surface area contributed by atoms with Crippen LogP contribution in [0.15, 0.2) is 18.2 Å². The van der Waals surface area contributed by atoms with E-state index in [0.29, 0.717) is 11.1 Å². The van der Waals surface area contributed by atoms with Crippen LogP contribution in [0.3, 0.4) is 0 Å². The van der Waals surface area contributed by atoms with Gasteiger partial charge in [-0.05, 0) is 37.5 Å². The molecule has 1 heterocycles. The number of piperidine rings is 1. The molecule has 1 aromatic carbocycles. The van der Waals surface area contributed by atoms with Crippen LogP contribution >= 0.6 is 0 Å². The largest absolute Gasteiger partial charge is 0.389 e. The van der Waals surface area contributed by atoms with E-state index in [2.05, 4.69) is 11.0 Å². The average molecular weight is 284 g/mol. The Labute approximate surface area is 125 Å². The molecule has 1 aliphatic heterocycles. The molecule has 3 rings (SSSR count). The molecule has 4 nitrogen and oxygen atoms in total. The number of hydrogen-bond acceptors (Lipinski definition) is 4. The molecule has 0 amide bonds. The quantitative estimate of drug-likeness (QED) is 0.847. The monoisotopic (exact) mass is 284 g/mol. The summed E-state index contributed by atoms with van der Waals surface area (Å²) >= 11 is 0. The first-order valence-corrected chi connectivity index (χ1v) is 7.63. The van der Waals surface area contributed by atoms with Gasteiger partial charge in [-0.15, -0.1) is 0 Å². The van der Waals surface area contributed by atoms with Gasteiger partial charge in [0.1, 0.15) is 12.4 Å². The number of aldehydes is 1. The fourth-order valence-electron chi connectivity index (χ4n) is 3.78. The fourth-order valence-corrected chi connectivity index (χ4v) is 3.78. The molecule has 2 atom stereocenters. The van der Waals surface area contributed by atoms with Gasteiger partial charge in [-0.25, -0.2) is 0 Å². The molecule has 1 saturated carbocycles. The van der Waals surface area contributed by atoms with E-state index in [1.54, 1.807) is 12.1 Å². The number of nitrogens with zero attached hydrogens (tertiary/aromatic N) is 2. The van der Waals surface area contributed by atoms with Crippen LogP contribution in [0.4, 0.5) is 5.69 Å². The highest BCUT2D eigenvalue weighted by atomic mass is 16.3. The highest BCUT2D eigenvalue weighted by Gasteiger charge is 2.43. The van der Waals surface area contributed by atoms with Crippen LogP contribution in [0.2, 0.25) is 0 Å². The number of rotatable bonds is 2. The second kappa shape index (κ2) is 5.50. The Morgan fingerprint density at radius 2 is 2.24 bits per heavy atom. The summed E-state index contributed by atoms with van der Waals surface area (Å²) in [5, 5.41) is 20.0. The molecule has 1 aliphatic carbocycles. The zero-order valence-corrected chi connectivity index (χ0v) is 12.1. The molecule has 0 radical (unpaired) electrons. The molecule has 0 spiro atoms. The van der Waals surface area contributed by atoms with Gasteiger partial charge in [0.15, 0.2) is 0 Å². The summed E-state index contributed by atoms with van der Waals surface area (Å²) in [6.45, 7) is 1.56. The number of carbonyl (C=O) groups is 1.